The third-order valence-electron chi connectivity index (χ3n) is 5.70. The van der Waals surface area contributed by atoms with Crippen LogP contribution in [0.3, 0.4) is 0 Å². The molecular formula is C30H39N3O4. The number of para-hydroxylation sites is 1. The van der Waals surface area contributed by atoms with Crippen LogP contribution in [-0.2, 0) is 14.3 Å². The average Bonchev–Trinajstić information content (AvgIpc) is 2.77. The van der Waals surface area contributed by atoms with Gasteiger partial charge in [0.15, 0.2) is 0 Å². The molecule has 0 spiro atoms. The maximum Gasteiger partial charge on any atom is 0.408 e. The van der Waals surface area contributed by atoms with Crippen LogP contribution in [0.5, 0.6) is 0 Å². The minimum Gasteiger partial charge on any atom is -0.444 e. The Morgan fingerprint density at radius 2 is 1.68 bits per heavy atom. The van der Waals surface area contributed by atoms with Gasteiger partial charge in [-0.25, -0.2) is 4.79 Å². The van der Waals surface area contributed by atoms with Crippen molar-refractivity contribution in [1.29, 1.82) is 0 Å². The molecule has 0 aliphatic heterocycles. The van der Waals surface area contributed by atoms with Crippen LogP contribution < -0.4 is 10.6 Å². The number of nitrogens with one attached hydrogen (secondary N) is 2. The summed E-state index contributed by atoms with van der Waals surface area (Å²) < 4.78 is 5.38. The maximum atomic E-state index is 13.9. The van der Waals surface area contributed by atoms with Crippen molar-refractivity contribution in [2.24, 2.45) is 5.92 Å². The highest BCUT2D eigenvalue weighted by molar-refractivity contribution is 6.00. The number of benzene rings is 2. The van der Waals surface area contributed by atoms with E-state index in [0.717, 1.165) is 21.6 Å². The van der Waals surface area contributed by atoms with E-state index in [0.29, 0.717) is 17.7 Å². The van der Waals surface area contributed by atoms with Gasteiger partial charge in [0, 0.05) is 11.7 Å². The predicted molar refractivity (Wildman–Crippen MR) is 147 cm³/mol. The van der Waals surface area contributed by atoms with Crippen LogP contribution in [0.4, 0.5) is 10.5 Å². The van der Waals surface area contributed by atoms with Crippen LogP contribution in [0.2, 0.25) is 0 Å². The molecule has 2 unspecified atom stereocenters. The summed E-state index contributed by atoms with van der Waals surface area (Å²) in [6.07, 6.45) is 5.47. The second kappa shape index (κ2) is 12.4. The lowest BCUT2D eigenvalue weighted by molar-refractivity contribution is -0.137. The fraction of sp³-hybridized carbons (Fsp3) is 0.433. The number of amides is 3. The second-order valence-electron chi connectivity index (χ2n) is 10.7. The molecule has 2 rings (SSSR count). The molecule has 0 aromatic heterocycles. The van der Waals surface area contributed by atoms with Gasteiger partial charge in [-0.2, -0.15) is 0 Å². The number of ether oxygens (including phenoxy) is 1. The zero-order valence-corrected chi connectivity index (χ0v) is 23.1. The van der Waals surface area contributed by atoms with E-state index in [1.165, 1.54) is 0 Å². The van der Waals surface area contributed by atoms with Crippen molar-refractivity contribution >= 4 is 23.6 Å². The van der Waals surface area contributed by atoms with Crippen LogP contribution in [0.25, 0.3) is 0 Å². The molecule has 0 radical (unpaired) electrons. The summed E-state index contributed by atoms with van der Waals surface area (Å²) in [5.74, 6) is -0.955. The smallest absolute Gasteiger partial charge is 0.408 e. The Morgan fingerprint density at radius 1 is 1.03 bits per heavy atom. The summed E-state index contributed by atoms with van der Waals surface area (Å²) in [7, 11) is 0. The largest absolute Gasteiger partial charge is 0.444 e. The number of hydrogen-bond acceptors (Lipinski definition) is 4. The number of aryl methyl sites for hydroxylation is 3. The third-order valence-corrected chi connectivity index (χ3v) is 5.70. The van der Waals surface area contributed by atoms with Crippen molar-refractivity contribution < 1.29 is 19.1 Å². The molecule has 2 aromatic carbocycles. The Labute approximate surface area is 221 Å². The molecule has 0 bridgehead atoms. The molecule has 2 aromatic rings. The van der Waals surface area contributed by atoms with Gasteiger partial charge in [0.05, 0.1) is 0 Å². The summed E-state index contributed by atoms with van der Waals surface area (Å²) in [6.45, 7) is 14.8. The van der Waals surface area contributed by atoms with Crippen molar-refractivity contribution in [2.45, 2.75) is 79.5 Å². The van der Waals surface area contributed by atoms with Crippen LogP contribution >= 0.6 is 0 Å². The number of nitrogens with zero attached hydrogens (tertiary/aromatic N) is 1. The SMILES string of the molecule is C#CN(C(=O)C(CC(C)C)NC(=O)OC(C)(C)C)C(C(=O)Nc1ccccc1C)c1ccc(C)cc1C. The molecule has 7 heteroatoms. The van der Waals surface area contributed by atoms with Gasteiger partial charge in [0.2, 0.25) is 0 Å². The lowest BCUT2D eigenvalue weighted by atomic mass is 9.95. The number of anilines is 1. The van der Waals surface area contributed by atoms with E-state index >= 15 is 0 Å². The standard InChI is InChI=1S/C30H39N3O4/c1-10-33(28(35)25(17-19(2)3)32-29(36)37-30(7,8)9)26(23-16-15-20(4)18-22(23)6)27(34)31-24-14-12-11-13-21(24)5/h1,11-16,18-19,25-26H,17H2,2-9H3,(H,31,34)(H,32,36). The summed E-state index contributed by atoms with van der Waals surface area (Å²) in [4.78, 5) is 41.3. The molecule has 0 fully saturated rings. The normalized spacial score (nSPS) is 12.8. The number of carbonyl (C=O) groups is 3. The molecule has 0 heterocycles. The topological polar surface area (TPSA) is 87.7 Å². The molecular weight excluding hydrogens is 466 g/mol. The summed E-state index contributed by atoms with van der Waals surface area (Å²) >= 11 is 0. The second-order valence-corrected chi connectivity index (χ2v) is 10.7. The first-order valence-corrected chi connectivity index (χ1v) is 12.5. The van der Waals surface area contributed by atoms with Crippen molar-refractivity contribution in [2.75, 3.05) is 5.32 Å². The van der Waals surface area contributed by atoms with Crippen LogP contribution in [0.1, 0.15) is 69.3 Å². The van der Waals surface area contributed by atoms with E-state index in [-0.39, 0.29) is 5.92 Å². The Bertz CT molecular complexity index is 1170. The zero-order valence-electron chi connectivity index (χ0n) is 23.1. The van der Waals surface area contributed by atoms with Gasteiger partial charge < -0.3 is 15.4 Å². The Hall–Kier alpha value is -3.79. The van der Waals surface area contributed by atoms with E-state index < -0.39 is 35.6 Å². The summed E-state index contributed by atoms with van der Waals surface area (Å²) in [5.41, 5.74) is 3.19. The fourth-order valence-corrected chi connectivity index (χ4v) is 4.02. The fourth-order valence-electron chi connectivity index (χ4n) is 4.02. The predicted octanol–water partition coefficient (Wildman–Crippen LogP) is 5.65. The van der Waals surface area contributed by atoms with Crippen molar-refractivity contribution in [3.63, 3.8) is 0 Å². The maximum absolute atomic E-state index is 13.9. The number of rotatable bonds is 8. The lowest BCUT2D eigenvalue weighted by Crippen LogP contribution is -2.51. The first kappa shape index (κ1) is 29.4. The molecule has 2 N–H and O–H groups in total. The molecule has 0 aliphatic rings. The van der Waals surface area contributed by atoms with Crippen LogP contribution in [0, 0.1) is 39.2 Å². The van der Waals surface area contributed by atoms with Crippen LogP contribution in [0.15, 0.2) is 42.5 Å². The summed E-state index contributed by atoms with van der Waals surface area (Å²) in [6, 6.07) is 13.3. The Morgan fingerprint density at radius 3 is 2.22 bits per heavy atom. The minimum atomic E-state index is -1.12. The molecule has 0 aliphatic carbocycles. The third kappa shape index (κ3) is 8.38. The first-order valence-electron chi connectivity index (χ1n) is 12.5. The number of carbonyl (C=O) groups excluding carboxylic acids is 3. The summed E-state index contributed by atoms with van der Waals surface area (Å²) in [5, 5.41) is 5.60. The van der Waals surface area contributed by atoms with E-state index in [1.807, 2.05) is 71.0 Å². The minimum absolute atomic E-state index is 0.0591. The Balaban J connectivity index is 2.52. The van der Waals surface area contributed by atoms with Gasteiger partial charge in [-0.3, -0.25) is 14.5 Å². The molecule has 3 amide bonds. The van der Waals surface area contributed by atoms with E-state index in [1.54, 1.807) is 26.8 Å². The molecule has 0 saturated heterocycles. The molecule has 0 saturated carbocycles. The van der Waals surface area contributed by atoms with Crippen molar-refractivity contribution in [3.05, 3.63) is 64.7 Å². The van der Waals surface area contributed by atoms with E-state index in [2.05, 4.69) is 16.7 Å². The molecule has 198 valence electrons. The molecule has 2 atom stereocenters. The quantitative estimate of drug-likeness (QED) is 0.358. The van der Waals surface area contributed by atoms with Crippen molar-refractivity contribution in [1.82, 2.24) is 10.2 Å². The van der Waals surface area contributed by atoms with E-state index in [4.69, 9.17) is 11.2 Å². The molecule has 37 heavy (non-hydrogen) atoms. The highest BCUT2D eigenvalue weighted by Gasteiger charge is 2.37. The van der Waals surface area contributed by atoms with Gasteiger partial charge in [0.25, 0.3) is 11.8 Å². The van der Waals surface area contributed by atoms with Gasteiger partial charge in [-0.05, 0) is 76.6 Å². The zero-order chi connectivity index (χ0) is 27.9. The van der Waals surface area contributed by atoms with Gasteiger partial charge in [-0.1, -0.05) is 62.2 Å². The van der Waals surface area contributed by atoms with Gasteiger partial charge in [-0.15, -0.1) is 0 Å². The highest BCUT2D eigenvalue weighted by atomic mass is 16.6. The van der Waals surface area contributed by atoms with Gasteiger partial charge >= 0.3 is 6.09 Å². The average molecular weight is 506 g/mol. The monoisotopic (exact) mass is 505 g/mol. The number of terminal acetylenes is 1. The lowest BCUT2D eigenvalue weighted by Gasteiger charge is -2.31. The number of alkyl carbamates (subject to hydrolysis) is 1. The van der Waals surface area contributed by atoms with Crippen LogP contribution in [-0.4, -0.2) is 34.5 Å². The Kier molecular flexibility index (Phi) is 9.90. The van der Waals surface area contributed by atoms with Gasteiger partial charge in [0.1, 0.15) is 17.7 Å². The first-order chi connectivity index (χ1) is 17.2. The van der Waals surface area contributed by atoms with Crippen molar-refractivity contribution in [3.8, 4) is 12.5 Å². The van der Waals surface area contributed by atoms with E-state index in [9.17, 15) is 14.4 Å². The highest BCUT2D eigenvalue weighted by Crippen LogP contribution is 2.28. The molecule has 7 nitrogen and oxygen atoms in total. The number of hydrogen-bond donors (Lipinski definition) is 2.